The second-order valence-electron chi connectivity index (χ2n) is 12.8. The van der Waals surface area contributed by atoms with Gasteiger partial charge in [0.25, 0.3) is 0 Å². The van der Waals surface area contributed by atoms with Gasteiger partial charge in [0.05, 0.1) is 6.26 Å². The molecule has 0 aliphatic rings. The van der Waals surface area contributed by atoms with Crippen molar-refractivity contribution in [3.8, 4) is 33.4 Å². The molecule has 0 fully saturated rings. The number of thiophene rings is 1. The average molecular weight is 643 g/mol. The molecule has 0 atom stereocenters. The van der Waals surface area contributed by atoms with Crippen molar-refractivity contribution in [3.63, 3.8) is 0 Å². The highest BCUT2D eigenvalue weighted by Crippen LogP contribution is 2.46. The van der Waals surface area contributed by atoms with Crippen molar-refractivity contribution in [2.24, 2.45) is 0 Å². The summed E-state index contributed by atoms with van der Waals surface area (Å²) in [5.74, 6) is 0. The van der Waals surface area contributed by atoms with Gasteiger partial charge in [-0.05, 0) is 85.8 Å². The van der Waals surface area contributed by atoms with Crippen LogP contribution in [0.25, 0.3) is 108 Å². The quantitative estimate of drug-likeness (QED) is 0.179. The van der Waals surface area contributed by atoms with Gasteiger partial charge in [-0.25, -0.2) is 0 Å². The van der Waals surface area contributed by atoms with Crippen LogP contribution in [0.1, 0.15) is 0 Å². The fourth-order valence-corrected chi connectivity index (χ4v) is 9.01. The van der Waals surface area contributed by atoms with E-state index in [0.29, 0.717) is 0 Å². The molecule has 0 N–H and O–H groups in total. The lowest BCUT2D eigenvalue weighted by Crippen LogP contribution is -1.90. The summed E-state index contributed by atoms with van der Waals surface area (Å²) in [7, 11) is 0. The Hall–Kier alpha value is -6.16. The summed E-state index contributed by atoms with van der Waals surface area (Å²) in [6, 6.07) is 54.7. The summed E-state index contributed by atoms with van der Waals surface area (Å²) in [6.07, 6.45) is 1.85. The van der Waals surface area contributed by atoms with E-state index in [9.17, 15) is 0 Å². The number of furan rings is 2. The lowest BCUT2D eigenvalue weighted by Gasteiger charge is -2.18. The van der Waals surface area contributed by atoms with Gasteiger partial charge in [0.1, 0.15) is 16.7 Å². The van der Waals surface area contributed by atoms with Gasteiger partial charge in [0.2, 0.25) is 0 Å². The molecule has 49 heavy (non-hydrogen) atoms. The highest BCUT2D eigenvalue weighted by Gasteiger charge is 2.19. The highest BCUT2D eigenvalue weighted by atomic mass is 32.1. The SMILES string of the molecule is c1ccc(-c2coc3cc4oc5cc(-c6c7ccccc7c(-c7ccc8sc9ccccc9c8c7)c7ccccc67)ccc5c4cc23)cc1. The van der Waals surface area contributed by atoms with Gasteiger partial charge < -0.3 is 8.83 Å². The molecule has 0 radical (unpaired) electrons. The fraction of sp³-hybridized carbons (Fsp3) is 0. The van der Waals surface area contributed by atoms with Crippen molar-refractivity contribution in [1.82, 2.24) is 0 Å². The summed E-state index contributed by atoms with van der Waals surface area (Å²) in [4.78, 5) is 0. The predicted octanol–water partition coefficient (Wildman–Crippen LogP) is 14.0. The molecule has 3 heterocycles. The van der Waals surface area contributed by atoms with Crippen molar-refractivity contribution >= 4 is 86.0 Å². The first-order chi connectivity index (χ1) is 24.3. The normalized spacial score (nSPS) is 12.1. The van der Waals surface area contributed by atoms with Crippen LogP contribution in [0.5, 0.6) is 0 Å². The molecule has 11 aromatic rings. The zero-order valence-corrected chi connectivity index (χ0v) is 27.1. The van der Waals surface area contributed by atoms with Crippen LogP contribution in [0.15, 0.2) is 167 Å². The molecule has 11 rings (SSSR count). The first kappa shape index (κ1) is 26.9. The van der Waals surface area contributed by atoms with E-state index in [-0.39, 0.29) is 0 Å². The topological polar surface area (TPSA) is 26.3 Å². The first-order valence-electron chi connectivity index (χ1n) is 16.6. The number of hydrogen-bond donors (Lipinski definition) is 0. The molecule has 0 amide bonds. The van der Waals surface area contributed by atoms with Crippen LogP contribution in [-0.2, 0) is 0 Å². The van der Waals surface area contributed by atoms with Gasteiger partial charge >= 0.3 is 0 Å². The largest absolute Gasteiger partial charge is 0.464 e. The van der Waals surface area contributed by atoms with E-state index in [0.717, 1.165) is 49.6 Å². The second-order valence-corrected chi connectivity index (χ2v) is 13.9. The summed E-state index contributed by atoms with van der Waals surface area (Å²) in [6.45, 7) is 0. The van der Waals surface area contributed by atoms with Gasteiger partial charge in [0.15, 0.2) is 0 Å². The monoisotopic (exact) mass is 642 g/mol. The van der Waals surface area contributed by atoms with Crippen LogP contribution in [0.3, 0.4) is 0 Å². The van der Waals surface area contributed by atoms with Gasteiger partial charge in [-0.2, -0.15) is 0 Å². The Kier molecular flexibility index (Phi) is 5.57. The van der Waals surface area contributed by atoms with Gasteiger partial charge in [0, 0.05) is 48.0 Å². The van der Waals surface area contributed by atoms with Crippen LogP contribution in [0.4, 0.5) is 0 Å². The molecule has 228 valence electrons. The molecule has 0 saturated heterocycles. The third-order valence-corrected chi connectivity index (χ3v) is 11.3. The van der Waals surface area contributed by atoms with E-state index in [1.54, 1.807) is 0 Å². The number of fused-ring (bicyclic) bond motifs is 9. The third kappa shape index (κ3) is 3.94. The van der Waals surface area contributed by atoms with Crippen molar-refractivity contribution in [2.75, 3.05) is 0 Å². The molecule has 8 aromatic carbocycles. The lowest BCUT2D eigenvalue weighted by atomic mass is 9.85. The minimum Gasteiger partial charge on any atom is -0.464 e. The van der Waals surface area contributed by atoms with E-state index in [4.69, 9.17) is 8.83 Å². The van der Waals surface area contributed by atoms with Crippen LogP contribution >= 0.6 is 11.3 Å². The van der Waals surface area contributed by atoms with Crippen molar-refractivity contribution in [3.05, 3.63) is 158 Å². The standard InChI is InChI=1S/C46H26O2S/c1-2-10-27(11-3-1)39-26-47-40-25-42-36(24-37(39)40)30-20-18-29(23-41(30)48-42)46-34-15-6-4-13-32(34)45(33-14-5-7-16-35(33)46)28-19-21-44-38(22-28)31-12-8-9-17-43(31)49-44/h1-26H. The Morgan fingerprint density at radius 2 is 0.939 bits per heavy atom. The molecule has 0 saturated carbocycles. The first-order valence-corrected chi connectivity index (χ1v) is 17.4. The molecule has 0 spiro atoms. The summed E-state index contributed by atoms with van der Waals surface area (Å²) in [5, 5.41) is 10.9. The molecular formula is C46H26O2S. The molecule has 2 nitrogen and oxygen atoms in total. The maximum Gasteiger partial charge on any atom is 0.139 e. The maximum absolute atomic E-state index is 6.56. The van der Waals surface area contributed by atoms with Gasteiger partial charge in [-0.1, -0.05) is 109 Å². The predicted molar refractivity (Wildman–Crippen MR) is 208 cm³/mol. The van der Waals surface area contributed by atoms with E-state index in [1.807, 2.05) is 29.7 Å². The Bertz CT molecular complexity index is 3050. The average Bonchev–Trinajstić information content (AvgIpc) is 3.85. The maximum atomic E-state index is 6.56. The smallest absolute Gasteiger partial charge is 0.139 e. The number of rotatable bonds is 3. The summed E-state index contributed by atoms with van der Waals surface area (Å²) < 4.78 is 15.2. The zero-order chi connectivity index (χ0) is 32.1. The van der Waals surface area contributed by atoms with E-state index in [2.05, 4.69) is 140 Å². The molecule has 0 bridgehead atoms. The van der Waals surface area contributed by atoms with E-state index < -0.39 is 0 Å². The van der Waals surface area contributed by atoms with Crippen LogP contribution < -0.4 is 0 Å². The molecule has 3 heteroatoms. The molecule has 0 aliphatic carbocycles. The minimum absolute atomic E-state index is 0.826. The third-order valence-electron chi connectivity index (χ3n) is 10.1. The highest BCUT2D eigenvalue weighted by molar-refractivity contribution is 7.25. The number of benzene rings is 8. The Morgan fingerprint density at radius 3 is 1.67 bits per heavy atom. The van der Waals surface area contributed by atoms with Gasteiger partial charge in [-0.3, -0.25) is 0 Å². The fourth-order valence-electron chi connectivity index (χ4n) is 7.93. The zero-order valence-electron chi connectivity index (χ0n) is 26.2. The van der Waals surface area contributed by atoms with Crippen molar-refractivity contribution in [1.29, 1.82) is 0 Å². The molecular weight excluding hydrogens is 617 g/mol. The van der Waals surface area contributed by atoms with E-state index >= 15 is 0 Å². The second kappa shape index (κ2) is 10.2. The van der Waals surface area contributed by atoms with Crippen LogP contribution in [0, 0.1) is 0 Å². The van der Waals surface area contributed by atoms with Gasteiger partial charge in [-0.15, -0.1) is 11.3 Å². The summed E-state index contributed by atoms with van der Waals surface area (Å²) in [5.41, 5.74) is 9.62. The Morgan fingerprint density at radius 1 is 0.347 bits per heavy atom. The van der Waals surface area contributed by atoms with Crippen LogP contribution in [-0.4, -0.2) is 0 Å². The Balaban J connectivity index is 1.14. The van der Waals surface area contributed by atoms with Crippen molar-refractivity contribution in [2.45, 2.75) is 0 Å². The molecule has 0 aliphatic heterocycles. The molecule has 0 unspecified atom stereocenters. The summed E-state index contributed by atoms with van der Waals surface area (Å²) >= 11 is 1.86. The molecule has 3 aromatic heterocycles. The van der Waals surface area contributed by atoms with Crippen molar-refractivity contribution < 1.29 is 8.83 Å². The van der Waals surface area contributed by atoms with E-state index in [1.165, 1.54) is 58.4 Å². The minimum atomic E-state index is 0.826. The lowest BCUT2D eigenvalue weighted by molar-refractivity contribution is 0.614. The van der Waals surface area contributed by atoms with Crippen LogP contribution in [0.2, 0.25) is 0 Å². The number of hydrogen-bond acceptors (Lipinski definition) is 3. The Labute approximate surface area is 285 Å².